The summed E-state index contributed by atoms with van der Waals surface area (Å²) in [5.74, 6) is -0.386. The molecule has 0 radical (unpaired) electrons. The van der Waals surface area contributed by atoms with Crippen molar-refractivity contribution in [3.63, 3.8) is 0 Å². The van der Waals surface area contributed by atoms with Gasteiger partial charge in [0.1, 0.15) is 18.3 Å². The van der Waals surface area contributed by atoms with Crippen LogP contribution in [0.4, 0.5) is 0 Å². The molecule has 256 valence electrons. The quantitative estimate of drug-likeness (QED) is 0.209. The lowest BCUT2D eigenvalue weighted by molar-refractivity contribution is -0.321. The number of aliphatic hydroxyl groups is 6. The lowest BCUT2D eigenvalue weighted by Gasteiger charge is -2.66. The van der Waals surface area contributed by atoms with Crippen molar-refractivity contribution < 1.29 is 49.6 Å². The van der Waals surface area contributed by atoms with E-state index in [-0.39, 0.29) is 54.1 Å². The second-order valence-electron chi connectivity index (χ2n) is 16.0. The average Bonchev–Trinajstić information content (AvgIpc) is 3.24. The standard InChI is InChI=1S/C34H60O10/c1-17(2)20(35)9-8-18(3)19-14-21(36)30-32(19,4)13-11-25-33(5)12-10-23(27(38)26(33)22(37)15-34(25,30)40)44-31-29(42-7)28(39)24(41-6)16-43-31/h17-31,35-40H,8-16H2,1-7H3/t18-,19-,20?,21?,22?,23?,24-,25-,26?,27?,28+,29-,30-,31+,32-,33-,34+/m1/s1. The van der Waals surface area contributed by atoms with Gasteiger partial charge in [-0.1, -0.05) is 34.6 Å². The van der Waals surface area contributed by atoms with E-state index in [1.54, 1.807) is 0 Å². The summed E-state index contributed by atoms with van der Waals surface area (Å²) in [6.07, 6.45) is -1.79. The molecule has 10 heteroatoms. The highest BCUT2D eigenvalue weighted by Gasteiger charge is 2.72. The van der Waals surface area contributed by atoms with E-state index in [4.69, 9.17) is 18.9 Å². The van der Waals surface area contributed by atoms with Crippen LogP contribution in [-0.2, 0) is 18.9 Å². The van der Waals surface area contributed by atoms with Gasteiger partial charge in [0, 0.05) is 32.5 Å². The SMILES string of the molecule is CO[C@H]1[C@H](OC2CC[C@@]3(C)C(C(O)C[C@@]4(O)[C@@H]5C(O)C[C@H]([C@H](C)CCC(O)C(C)C)[C@@]5(C)CC[C@@H]43)C2O)OC[C@@H](OC)[C@@H]1O. The van der Waals surface area contributed by atoms with Crippen molar-refractivity contribution in [2.75, 3.05) is 20.8 Å². The summed E-state index contributed by atoms with van der Waals surface area (Å²) < 4.78 is 22.9. The van der Waals surface area contributed by atoms with Crippen LogP contribution >= 0.6 is 0 Å². The molecule has 1 saturated heterocycles. The van der Waals surface area contributed by atoms with Crippen LogP contribution in [0, 0.1) is 46.3 Å². The fourth-order valence-electron chi connectivity index (χ4n) is 11.1. The van der Waals surface area contributed by atoms with Gasteiger partial charge in [0.2, 0.25) is 0 Å². The van der Waals surface area contributed by atoms with Crippen LogP contribution in [0.5, 0.6) is 0 Å². The van der Waals surface area contributed by atoms with Crippen LogP contribution in [0.1, 0.15) is 86.0 Å². The summed E-state index contributed by atoms with van der Waals surface area (Å²) in [4.78, 5) is 0. The monoisotopic (exact) mass is 628 g/mol. The Kier molecular flexibility index (Phi) is 10.2. The van der Waals surface area contributed by atoms with E-state index >= 15 is 0 Å². The number of ether oxygens (including phenoxy) is 4. The van der Waals surface area contributed by atoms with Crippen LogP contribution in [-0.4, -0.2) is 112 Å². The average molecular weight is 629 g/mol. The topological polar surface area (TPSA) is 158 Å². The normalized spacial score (nSPS) is 52.2. The van der Waals surface area contributed by atoms with Gasteiger partial charge < -0.3 is 49.6 Å². The van der Waals surface area contributed by atoms with E-state index in [1.165, 1.54) is 14.2 Å². The molecule has 0 amide bonds. The zero-order chi connectivity index (χ0) is 32.4. The number of fused-ring (bicyclic) bond motifs is 5. The van der Waals surface area contributed by atoms with Crippen molar-refractivity contribution in [2.45, 2.75) is 147 Å². The molecule has 5 fully saturated rings. The predicted molar refractivity (Wildman–Crippen MR) is 162 cm³/mol. The Morgan fingerprint density at radius 1 is 0.864 bits per heavy atom. The van der Waals surface area contributed by atoms with Crippen molar-refractivity contribution in [1.82, 2.24) is 0 Å². The molecule has 0 aromatic heterocycles. The summed E-state index contributed by atoms with van der Waals surface area (Å²) in [6.45, 7) is 10.7. The van der Waals surface area contributed by atoms with Crippen LogP contribution in [0.15, 0.2) is 0 Å². The predicted octanol–water partition coefficient (Wildman–Crippen LogP) is 2.24. The van der Waals surface area contributed by atoms with Gasteiger partial charge >= 0.3 is 0 Å². The molecule has 6 N–H and O–H groups in total. The smallest absolute Gasteiger partial charge is 0.186 e. The van der Waals surface area contributed by atoms with E-state index < -0.39 is 66.0 Å². The molecule has 4 saturated carbocycles. The summed E-state index contributed by atoms with van der Waals surface area (Å²) in [5.41, 5.74) is -2.11. The number of rotatable bonds is 9. The summed E-state index contributed by atoms with van der Waals surface area (Å²) in [7, 11) is 2.97. The van der Waals surface area contributed by atoms with Crippen molar-refractivity contribution in [2.24, 2.45) is 46.3 Å². The zero-order valence-corrected chi connectivity index (χ0v) is 27.8. The van der Waals surface area contributed by atoms with Gasteiger partial charge in [-0.05, 0) is 79.4 Å². The molecule has 0 aromatic carbocycles. The Morgan fingerprint density at radius 2 is 1.55 bits per heavy atom. The number of hydrogen-bond acceptors (Lipinski definition) is 10. The minimum atomic E-state index is -1.26. The van der Waals surface area contributed by atoms with Crippen LogP contribution in [0.2, 0.25) is 0 Å². The largest absolute Gasteiger partial charge is 0.393 e. The highest BCUT2D eigenvalue weighted by Crippen LogP contribution is 2.70. The van der Waals surface area contributed by atoms with E-state index in [9.17, 15) is 30.6 Å². The molecule has 4 aliphatic carbocycles. The number of hydrogen-bond donors (Lipinski definition) is 6. The fourth-order valence-corrected chi connectivity index (χ4v) is 11.1. The number of aliphatic hydroxyl groups excluding tert-OH is 5. The van der Waals surface area contributed by atoms with Crippen LogP contribution in [0.3, 0.4) is 0 Å². The summed E-state index contributed by atoms with van der Waals surface area (Å²) in [5, 5.41) is 68.9. The molecule has 6 unspecified atom stereocenters. The Labute approximate surface area is 263 Å². The second kappa shape index (κ2) is 12.9. The van der Waals surface area contributed by atoms with Crippen molar-refractivity contribution in [1.29, 1.82) is 0 Å². The molecular weight excluding hydrogens is 568 g/mol. The Balaban J connectivity index is 1.33. The molecule has 1 aliphatic heterocycles. The minimum absolute atomic E-state index is 0.0983. The van der Waals surface area contributed by atoms with Crippen LogP contribution < -0.4 is 0 Å². The van der Waals surface area contributed by atoms with Gasteiger partial charge in [0.05, 0.1) is 42.7 Å². The molecule has 5 rings (SSSR count). The fraction of sp³-hybridized carbons (Fsp3) is 1.00. The van der Waals surface area contributed by atoms with E-state index in [0.29, 0.717) is 19.3 Å². The van der Waals surface area contributed by atoms with Gasteiger partial charge in [-0.25, -0.2) is 0 Å². The summed E-state index contributed by atoms with van der Waals surface area (Å²) in [6, 6.07) is 0. The van der Waals surface area contributed by atoms with Gasteiger partial charge in [-0.15, -0.1) is 0 Å². The summed E-state index contributed by atoms with van der Waals surface area (Å²) >= 11 is 0. The maximum absolute atomic E-state index is 12.7. The Bertz CT molecular complexity index is 982. The van der Waals surface area contributed by atoms with Crippen molar-refractivity contribution in [3.8, 4) is 0 Å². The molecule has 0 aromatic rings. The first-order chi connectivity index (χ1) is 20.6. The third-order valence-electron chi connectivity index (χ3n) is 13.4. The maximum atomic E-state index is 12.7. The van der Waals surface area contributed by atoms with Gasteiger partial charge in [-0.3, -0.25) is 0 Å². The number of methoxy groups -OCH3 is 2. The zero-order valence-electron chi connectivity index (χ0n) is 27.8. The molecular formula is C34H60O10. The third kappa shape index (κ3) is 5.61. The van der Waals surface area contributed by atoms with Gasteiger partial charge in [-0.2, -0.15) is 0 Å². The van der Waals surface area contributed by atoms with E-state index in [2.05, 4.69) is 20.8 Å². The first-order valence-corrected chi connectivity index (χ1v) is 17.1. The maximum Gasteiger partial charge on any atom is 0.186 e. The van der Waals surface area contributed by atoms with Crippen molar-refractivity contribution >= 4 is 0 Å². The molecule has 0 spiro atoms. The third-order valence-corrected chi connectivity index (χ3v) is 13.4. The minimum Gasteiger partial charge on any atom is -0.393 e. The Hall–Kier alpha value is -0.400. The first kappa shape index (κ1) is 34.9. The van der Waals surface area contributed by atoms with Gasteiger partial charge in [0.25, 0.3) is 0 Å². The van der Waals surface area contributed by atoms with Crippen molar-refractivity contribution in [3.05, 3.63) is 0 Å². The highest BCUT2D eigenvalue weighted by atomic mass is 16.7. The highest BCUT2D eigenvalue weighted by molar-refractivity contribution is 5.21. The van der Waals surface area contributed by atoms with E-state index in [0.717, 1.165) is 25.7 Å². The lowest BCUT2D eigenvalue weighted by Crippen LogP contribution is -2.71. The Morgan fingerprint density at radius 3 is 2.18 bits per heavy atom. The van der Waals surface area contributed by atoms with E-state index in [1.807, 2.05) is 13.8 Å². The first-order valence-electron chi connectivity index (χ1n) is 17.1. The van der Waals surface area contributed by atoms with Crippen LogP contribution in [0.25, 0.3) is 0 Å². The molecule has 1 heterocycles. The second-order valence-corrected chi connectivity index (χ2v) is 16.0. The lowest BCUT2D eigenvalue weighted by atomic mass is 9.41. The molecule has 10 nitrogen and oxygen atoms in total. The van der Waals surface area contributed by atoms with Gasteiger partial charge in [0.15, 0.2) is 6.29 Å². The molecule has 5 aliphatic rings. The molecule has 17 atom stereocenters. The molecule has 44 heavy (non-hydrogen) atoms. The molecule has 0 bridgehead atoms.